The third-order valence-electron chi connectivity index (χ3n) is 2.56. The first-order valence-corrected chi connectivity index (χ1v) is 7.26. The molecule has 0 radical (unpaired) electrons. The van der Waals surface area contributed by atoms with Crippen LogP contribution in [0.4, 0.5) is 0 Å². The van der Waals surface area contributed by atoms with Gasteiger partial charge in [0.25, 0.3) is 0 Å². The molecule has 0 aromatic heterocycles. The number of sulfonamides is 1. The summed E-state index contributed by atoms with van der Waals surface area (Å²) < 4.78 is 25.6. The van der Waals surface area contributed by atoms with Crippen molar-refractivity contribution in [1.29, 1.82) is 5.26 Å². The van der Waals surface area contributed by atoms with Crippen LogP contribution >= 0.6 is 0 Å². The summed E-state index contributed by atoms with van der Waals surface area (Å²) in [5.74, 6) is 0. The van der Waals surface area contributed by atoms with E-state index >= 15 is 0 Å². The Morgan fingerprint density at radius 2 is 2.12 bits per heavy atom. The van der Waals surface area contributed by atoms with Gasteiger partial charge in [-0.05, 0) is 32.2 Å². The molecule has 1 aliphatic rings. The lowest BCUT2D eigenvalue weighted by molar-refractivity contribution is 0.565. The first-order valence-electron chi connectivity index (χ1n) is 5.71. The summed E-state index contributed by atoms with van der Waals surface area (Å²) in [6.45, 7) is 2.93. The van der Waals surface area contributed by atoms with Crippen molar-refractivity contribution < 1.29 is 8.42 Å². The average molecular weight is 245 g/mol. The highest BCUT2D eigenvalue weighted by molar-refractivity contribution is 7.90. The molecule has 0 aliphatic heterocycles. The summed E-state index contributed by atoms with van der Waals surface area (Å²) >= 11 is 0. The Bertz CT molecular complexity index is 344. The van der Waals surface area contributed by atoms with Crippen molar-refractivity contribution in [2.75, 3.05) is 13.1 Å². The fraction of sp³-hybridized carbons (Fsp3) is 0.900. The molecule has 0 saturated heterocycles. The van der Waals surface area contributed by atoms with Crippen molar-refractivity contribution >= 4 is 10.0 Å². The summed E-state index contributed by atoms with van der Waals surface area (Å²) in [4.78, 5) is 0. The first kappa shape index (κ1) is 13.4. The Balaban J connectivity index is 2.16. The van der Waals surface area contributed by atoms with E-state index in [4.69, 9.17) is 5.26 Å². The number of hydrogen-bond donors (Lipinski definition) is 2. The van der Waals surface area contributed by atoms with Crippen molar-refractivity contribution in [3.05, 3.63) is 0 Å². The molecule has 16 heavy (non-hydrogen) atoms. The molecule has 1 aliphatic carbocycles. The van der Waals surface area contributed by atoms with Crippen molar-refractivity contribution in [2.45, 2.75) is 43.9 Å². The normalized spacial score (nSPS) is 18.0. The van der Waals surface area contributed by atoms with Crippen LogP contribution in [0.15, 0.2) is 0 Å². The molecule has 0 aromatic rings. The predicted octanol–water partition coefficient (Wildman–Crippen LogP) is 0.350. The van der Waals surface area contributed by atoms with Gasteiger partial charge in [0.2, 0.25) is 10.0 Å². The second-order valence-corrected chi connectivity index (χ2v) is 6.00. The topological polar surface area (TPSA) is 82.0 Å². The molecule has 5 nitrogen and oxygen atoms in total. The molecule has 0 aromatic carbocycles. The molecule has 0 spiro atoms. The van der Waals surface area contributed by atoms with E-state index in [0.29, 0.717) is 19.0 Å². The van der Waals surface area contributed by atoms with E-state index in [1.54, 1.807) is 13.0 Å². The molecule has 0 amide bonds. The van der Waals surface area contributed by atoms with E-state index in [1.165, 1.54) is 12.8 Å². The Hall–Kier alpha value is -0.640. The van der Waals surface area contributed by atoms with Gasteiger partial charge >= 0.3 is 0 Å². The molecule has 6 heteroatoms. The summed E-state index contributed by atoms with van der Waals surface area (Å²) in [5, 5.41) is 11.0. The highest BCUT2D eigenvalue weighted by atomic mass is 32.2. The number of nitrogens with zero attached hydrogens (tertiary/aromatic N) is 1. The lowest BCUT2D eigenvalue weighted by Gasteiger charge is -2.09. The van der Waals surface area contributed by atoms with Gasteiger partial charge < -0.3 is 5.32 Å². The van der Waals surface area contributed by atoms with Crippen molar-refractivity contribution in [3.63, 3.8) is 0 Å². The highest BCUT2D eigenvalue weighted by Crippen LogP contribution is 2.18. The fourth-order valence-electron chi connectivity index (χ4n) is 1.38. The largest absolute Gasteiger partial charge is 0.314 e. The summed E-state index contributed by atoms with van der Waals surface area (Å²) in [6, 6.07) is 2.45. The number of hydrogen-bond acceptors (Lipinski definition) is 4. The maximum Gasteiger partial charge on any atom is 0.227 e. The van der Waals surface area contributed by atoms with Crippen LogP contribution in [0, 0.1) is 11.3 Å². The van der Waals surface area contributed by atoms with Gasteiger partial charge in [-0.15, -0.1) is 0 Å². The molecule has 1 unspecified atom stereocenters. The van der Waals surface area contributed by atoms with E-state index in [2.05, 4.69) is 10.0 Å². The molecule has 2 N–H and O–H groups in total. The summed E-state index contributed by atoms with van der Waals surface area (Å²) in [6.07, 6.45) is 3.56. The van der Waals surface area contributed by atoms with Gasteiger partial charge in [-0.25, -0.2) is 13.1 Å². The number of rotatable bonds is 8. The third kappa shape index (κ3) is 4.47. The second-order valence-electron chi connectivity index (χ2n) is 4.05. The fourth-order valence-corrected chi connectivity index (χ4v) is 2.58. The van der Waals surface area contributed by atoms with Gasteiger partial charge in [0, 0.05) is 12.6 Å². The van der Waals surface area contributed by atoms with Crippen LogP contribution in [0.3, 0.4) is 0 Å². The van der Waals surface area contributed by atoms with Crippen LogP contribution in [0.1, 0.15) is 32.6 Å². The van der Waals surface area contributed by atoms with E-state index in [9.17, 15) is 8.42 Å². The van der Waals surface area contributed by atoms with E-state index in [0.717, 1.165) is 13.0 Å². The van der Waals surface area contributed by atoms with Gasteiger partial charge in [-0.2, -0.15) is 5.26 Å². The molecular formula is C10H19N3O2S. The van der Waals surface area contributed by atoms with Crippen LogP contribution in [-0.2, 0) is 10.0 Å². The first-order chi connectivity index (χ1) is 7.60. The Kier molecular flexibility index (Phi) is 5.19. The Morgan fingerprint density at radius 3 is 2.62 bits per heavy atom. The van der Waals surface area contributed by atoms with Crippen molar-refractivity contribution in [3.8, 4) is 6.07 Å². The van der Waals surface area contributed by atoms with Gasteiger partial charge in [0.05, 0.1) is 6.07 Å². The van der Waals surface area contributed by atoms with E-state index in [1.807, 2.05) is 0 Å². The maximum absolute atomic E-state index is 11.5. The summed E-state index contributed by atoms with van der Waals surface area (Å²) in [5.41, 5.74) is 0. The lowest BCUT2D eigenvalue weighted by atomic mass is 10.4. The third-order valence-corrected chi connectivity index (χ3v) is 4.35. The molecule has 0 bridgehead atoms. The van der Waals surface area contributed by atoms with Crippen LogP contribution in [0.2, 0.25) is 0 Å². The Morgan fingerprint density at radius 1 is 1.44 bits per heavy atom. The zero-order chi connectivity index (χ0) is 12.0. The van der Waals surface area contributed by atoms with E-state index in [-0.39, 0.29) is 0 Å². The van der Waals surface area contributed by atoms with Crippen LogP contribution in [0.5, 0.6) is 0 Å². The minimum atomic E-state index is -3.45. The number of nitrogens with one attached hydrogen (secondary N) is 2. The average Bonchev–Trinajstić information content (AvgIpc) is 3.02. The summed E-state index contributed by atoms with van der Waals surface area (Å²) in [7, 11) is -3.45. The van der Waals surface area contributed by atoms with Crippen LogP contribution < -0.4 is 10.0 Å². The van der Waals surface area contributed by atoms with Crippen LogP contribution in [-0.4, -0.2) is 32.8 Å². The molecule has 1 rings (SSSR count). The smallest absolute Gasteiger partial charge is 0.227 e. The Labute approximate surface area is 97.3 Å². The van der Waals surface area contributed by atoms with Gasteiger partial charge in [-0.1, -0.05) is 6.92 Å². The SMILES string of the molecule is CCC(C#N)S(=O)(=O)NCCCNC1CC1. The molecule has 0 heterocycles. The number of nitriles is 1. The zero-order valence-electron chi connectivity index (χ0n) is 9.57. The minimum absolute atomic E-state index is 0.326. The van der Waals surface area contributed by atoms with E-state index < -0.39 is 15.3 Å². The molecule has 1 atom stereocenters. The zero-order valence-corrected chi connectivity index (χ0v) is 10.4. The standard InChI is InChI=1S/C10H19N3O2S/c1-2-10(8-11)16(14,15)13-7-3-6-12-9-4-5-9/h9-10,12-13H,2-7H2,1H3. The monoisotopic (exact) mass is 245 g/mol. The molecular weight excluding hydrogens is 226 g/mol. The second kappa shape index (κ2) is 6.18. The predicted molar refractivity (Wildman–Crippen MR) is 62.3 cm³/mol. The highest BCUT2D eigenvalue weighted by Gasteiger charge is 2.23. The van der Waals surface area contributed by atoms with Gasteiger partial charge in [-0.3, -0.25) is 0 Å². The van der Waals surface area contributed by atoms with Gasteiger partial charge in [0.1, 0.15) is 0 Å². The van der Waals surface area contributed by atoms with Crippen LogP contribution in [0.25, 0.3) is 0 Å². The maximum atomic E-state index is 11.5. The molecule has 92 valence electrons. The van der Waals surface area contributed by atoms with Crippen molar-refractivity contribution in [1.82, 2.24) is 10.0 Å². The minimum Gasteiger partial charge on any atom is -0.314 e. The molecule has 1 fully saturated rings. The quantitative estimate of drug-likeness (QED) is 0.605. The lowest BCUT2D eigenvalue weighted by Crippen LogP contribution is -2.35. The van der Waals surface area contributed by atoms with Crippen molar-refractivity contribution in [2.24, 2.45) is 0 Å². The molecule has 1 saturated carbocycles. The van der Waals surface area contributed by atoms with Gasteiger partial charge in [0.15, 0.2) is 5.25 Å².